The summed E-state index contributed by atoms with van der Waals surface area (Å²) in [5.41, 5.74) is 2.03. The Morgan fingerprint density at radius 1 is 1.28 bits per heavy atom. The highest BCUT2D eigenvalue weighted by atomic mass is 19.3. The highest BCUT2D eigenvalue weighted by molar-refractivity contribution is 5.97. The van der Waals surface area contributed by atoms with Gasteiger partial charge in [-0.25, -0.2) is 4.79 Å². The topological polar surface area (TPSA) is 123 Å². The second-order valence-corrected chi connectivity index (χ2v) is 6.60. The number of aromatic nitrogens is 1. The Hall–Kier alpha value is -3.30. The van der Waals surface area contributed by atoms with Crippen molar-refractivity contribution in [3.8, 4) is 16.9 Å². The maximum Gasteiger partial charge on any atom is 0.387 e. The summed E-state index contributed by atoms with van der Waals surface area (Å²) in [7, 11) is 0. The van der Waals surface area contributed by atoms with Crippen LogP contribution in [-0.2, 0) is 6.54 Å². The first-order valence-electron chi connectivity index (χ1n) is 8.60. The molecule has 0 aliphatic carbocycles. The van der Waals surface area contributed by atoms with Gasteiger partial charge in [-0.1, -0.05) is 12.1 Å². The molecule has 0 fully saturated rings. The number of rotatable bonds is 4. The first-order valence-corrected chi connectivity index (χ1v) is 8.60. The van der Waals surface area contributed by atoms with Gasteiger partial charge in [0, 0.05) is 24.3 Å². The number of aromatic amines is 1. The minimum absolute atomic E-state index is 0. The largest absolute Gasteiger partial charge is 0.477 e. The van der Waals surface area contributed by atoms with Crippen LogP contribution < -0.4 is 15.5 Å². The van der Waals surface area contributed by atoms with E-state index in [2.05, 4.69) is 10.3 Å². The van der Waals surface area contributed by atoms with Gasteiger partial charge in [-0.2, -0.15) is 8.78 Å². The van der Waals surface area contributed by atoms with Crippen LogP contribution in [0.5, 0.6) is 5.75 Å². The average Bonchev–Trinajstić information content (AvgIpc) is 3.02. The molecule has 0 bridgehead atoms. The predicted octanol–water partition coefficient (Wildman–Crippen LogP) is 2.83. The lowest BCUT2D eigenvalue weighted by atomic mass is 9.96. The Bertz CT molecular complexity index is 1160. The van der Waals surface area contributed by atoms with Gasteiger partial charge in [-0.15, -0.1) is 0 Å². The first-order chi connectivity index (χ1) is 13.4. The molecule has 5 N–H and O–H groups in total. The number of aromatic carboxylic acids is 1. The fraction of sp³-hybridized carbons (Fsp3) is 0.200. The molecule has 2 heterocycles. The Morgan fingerprint density at radius 3 is 2.72 bits per heavy atom. The number of nitrogens with one attached hydrogen (secondary N) is 2. The van der Waals surface area contributed by atoms with Gasteiger partial charge < -0.3 is 25.6 Å². The number of carbonyl (C=O) groups is 1. The fourth-order valence-electron chi connectivity index (χ4n) is 3.59. The van der Waals surface area contributed by atoms with Crippen molar-refractivity contribution in [3.05, 3.63) is 63.4 Å². The van der Waals surface area contributed by atoms with E-state index in [0.717, 1.165) is 17.3 Å². The molecular formula is C20H18F2N2O5. The zero-order valence-corrected chi connectivity index (χ0v) is 15.3. The van der Waals surface area contributed by atoms with Crippen molar-refractivity contribution in [1.29, 1.82) is 0 Å². The number of hydrogen-bond donors (Lipinski definition) is 3. The molecule has 1 atom stereocenters. The quantitative estimate of drug-likeness (QED) is 0.617. The normalized spacial score (nSPS) is 15.2. The van der Waals surface area contributed by atoms with E-state index >= 15 is 0 Å². The van der Waals surface area contributed by atoms with Crippen molar-refractivity contribution in [2.75, 3.05) is 0 Å². The molecule has 0 amide bonds. The summed E-state index contributed by atoms with van der Waals surface area (Å²) in [5, 5.41) is 12.4. The van der Waals surface area contributed by atoms with Crippen molar-refractivity contribution >= 4 is 16.9 Å². The highest BCUT2D eigenvalue weighted by Gasteiger charge is 2.22. The Morgan fingerprint density at radius 2 is 2.03 bits per heavy atom. The summed E-state index contributed by atoms with van der Waals surface area (Å²) in [6, 6.07) is 8.77. The molecule has 4 rings (SSSR count). The van der Waals surface area contributed by atoms with Crippen LogP contribution in [0.2, 0.25) is 0 Å². The number of pyridine rings is 1. The van der Waals surface area contributed by atoms with Crippen LogP contribution in [0.15, 0.2) is 41.3 Å². The Balaban J connectivity index is 0.00000240. The molecule has 1 aliphatic rings. The lowest BCUT2D eigenvalue weighted by molar-refractivity contribution is -0.0485. The highest BCUT2D eigenvalue weighted by Crippen LogP contribution is 2.38. The smallest absolute Gasteiger partial charge is 0.387 e. The molecule has 0 saturated carbocycles. The number of ether oxygens (including phenoxy) is 1. The molecule has 2 aromatic carbocycles. The van der Waals surface area contributed by atoms with Gasteiger partial charge in [0.2, 0.25) is 5.43 Å². The second kappa shape index (κ2) is 7.61. The lowest BCUT2D eigenvalue weighted by Gasteiger charge is -2.15. The van der Waals surface area contributed by atoms with E-state index in [1.54, 1.807) is 0 Å². The number of benzene rings is 2. The SMILES string of the molecule is CC1NCc2cc(-c3ccc4c(=O)c(C(=O)O)c[nH]c4c3OC(F)F)ccc21.O. The summed E-state index contributed by atoms with van der Waals surface area (Å²) in [6.45, 7) is -0.400. The summed E-state index contributed by atoms with van der Waals surface area (Å²) < 4.78 is 31.0. The number of alkyl halides is 2. The van der Waals surface area contributed by atoms with E-state index in [0.29, 0.717) is 17.7 Å². The minimum atomic E-state index is -3.11. The third-order valence-electron chi connectivity index (χ3n) is 4.96. The second-order valence-electron chi connectivity index (χ2n) is 6.60. The maximum atomic E-state index is 13.1. The lowest BCUT2D eigenvalue weighted by Crippen LogP contribution is -2.16. The fourth-order valence-corrected chi connectivity index (χ4v) is 3.59. The molecule has 0 radical (unpaired) electrons. The van der Waals surface area contributed by atoms with E-state index in [1.807, 2.05) is 25.1 Å². The van der Waals surface area contributed by atoms with Crippen molar-refractivity contribution in [2.45, 2.75) is 26.1 Å². The minimum Gasteiger partial charge on any atom is -0.477 e. The van der Waals surface area contributed by atoms with Crippen LogP contribution in [0, 0.1) is 0 Å². The van der Waals surface area contributed by atoms with Crippen LogP contribution >= 0.6 is 0 Å². The van der Waals surface area contributed by atoms with Crippen molar-refractivity contribution in [2.24, 2.45) is 0 Å². The average molecular weight is 404 g/mol. The zero-order valence-electron chi connectivity index (χ0n) is 15.3. The van der Waals surface area contributed by atoms with Crippen molar-refractivity contribution in [3.63, 3.8) is 0 Å². The molecule has 152 valence electrons. The van der Waals surface area contributed by atoms with E-state index in [9.17, 15) is 18.4 Å². The molecule has 7 nitrogen and oxygen atoms in total. The molecule has 0 spiro atoms. The van der Waals surface area contributed by atoms with Crippen LogP contribution in [0.1, 0.15) is 34.5 Å². The number of halogens is 2. The van der Waals surface area contributed by atoms with Gasteiger partial charge in [-0.3, -0.25) is 4.79 Å². The Kier molecular flexibility index (Phi) is 5.36. The number of carboxylic acid groups (broad SMARTS) is 1. The Labute approximate surface area is 163 Å². The molecule has 0 saturated heterocycles. The van der Waals surface area contributed by atoms with Gasteiger partial charge in [0.05, 0.1) is 10.9 Å². The molecule has 29 heavy (non-hydrogen) atoms. The van der Waals surface area contributed by atoms with E-state index < -0.39 is 23.6 Å². The van der Waals surface area contributed by atoms with Gasteiger partial charge >= 0.3 is 12.6 Å². The number of hydrogen-bond acceptors (Lipinski definition) is 4. The van der Waals surface area contributed by atoms with Gasteiger partial charge in [-0.05, 0) is 41.8 Å². The van der Waals surface area contributed by atoms with Gasteiger partial charge in [0.15, 0.2) is 5.75 Å². The first kappa shape index (κ1) is 20.4. The molecular weight excluding hydrogens is 386 g/mol. The van der Waals surface area contributed by atoms with Crippen LogP contribution in [-0.4, -0.2) is 28.1 Å². The van der Waals surface area contributed by atoms with Gasteiger partial charge in [0.1, 0.15) is 5.56 Å². The monoisotopic (exact) mass is 404 g/mol. The maximum absolute atomic E-state index is 13.1. The van der Waals surface area contributed by atoms with Crippen molar-refractivity contribution < 1.29 is 28.9 Å². The van der Waals surface area contributed by atoms with E-state index in [4.69, 9.17) is 9.84 Å². The van der Waals surface area contributed by atoms with Crippen LogP contribution in [0.4, 0.5) is 8.78 Å². The molecule has 1 aliphatic heterocycles. The van der Waals surface area contributed by atoms with Crippen molar-refractivity contribution in [1.82, 2.24) is 10.3 Å². The number of H-pyrrole nitrogens is 1. The van der Waals surface area contributed by atoms with E-state index in [1.165, 1.54) is 12.1 Å². The number of carboxylic acids is 1. The third kappa shape index (κ3) is 3.45. The van der Waals surface area contributed by atoms with Crippen LogP contribution in [0.25, 0.3) is 22.0 Å². The summed E-state index contributed by atoms with van der Waals surface area (Å²) in [6.07, 6.45) is 0.989. The molecule has 9 heteroatoms. The van der Waals surface area contributed by atoms with Crippen LogP contribution in [0.3, 0.4) is 0 Å². The van der Waals surface area contributed by atoms with E-state index in [-0.39, 0.29) is 28.2 Å². The molecule has 1 unspecified atom stereocenters. The zero-order chi connectivity index (χ0) is 20.0. The number of fused-ring (bicyclic) bond motifs is 2. The summed E-state index contributed by atoms with van der Waals surface area (Å²) in [4.78, 5) is 26.2. The standard InChI is InChI=1S/C20H16F2N2O4.H2O/c1-9-12-3-2-10(6-11(12)7-23-9)13-4-5-14-16(18(13)28-20(21)22)24-8-15(17(14)25)19(26)27;/h2-6,8-9,20,23H,7H2,1H3,(H,24,25)(H,26,27);1H2. The summed E-state index contributed by atoms with van der Waals surface area (Å²) >= 11 is 0. The molecule has 1 aromatic heterocycles. The molecule has 3 aromatic rings. The third-order valence-corrected chi connectivity index (χ3v) is 4.96. The van der Waals surface area contributed by atoms with Gasteiger partial charge in [0.25, 0.3) is 0 Å². The summed E-state index contributed by atoms with van der Waals surface area (Å²) in [5.74, 6) is -1.59. The predicted molar refractivity (Wildman–Crippen MR) is 102 cm³/mol.